The third-order valence-corrected chi connectivity index (χ3v) is 11.5. The molecule has 0 bridgehead atoms. The fourth-order valence-electron chi connectivity index (χ4n) is 8.77. The van der Waals surface area contributed by atoms with Gasteiger partial charge in [-0.15, -0.1) is 0 Å². The predicted octanol–water partition coefficient (Wildman–Crippen LogP) is 15.6. The van der Waals surface area contributed by atoms with Gasteiger partial charge in [-0.05, 0) is 128 Å². The quantitative estimate of drug-likeness (QED) is 0.158. The number of anilines is 3. The molecular formula is C56H38N2. The van der Waals surface area contributed by atoms with Crippen LogP contribution in [0.2, 0.25) is 0 Å². The Morgan fingerprint density at radius 3 is 1.74 bits per heavy atom. The second-order valence-corrected chi connectivity index (χ2v) is 15.0. The molecule has 2 heteroatoms. The minimum absolute atomic E-state index is 1.11. The van der Waals surface area contributed by atoms with Gasteiger partial charge in [0.2, 0.25) is 0 Å². The molecule has 1 heterocycles. The molecule has 11 aromatic rings. The molecule has 11 rings (SSSR count). The van der Waals surface area contributed by atoms with Crippen LogP contribution in [0.25, 0.3) is 82.4 Å². The highest BCUT2D eigenvalue weighted by Crippen LogP contribution is 2.41. The minimum atomic E-state index is 1.11. The van der Waals surface area contributed by atoms with Crippen molar-refractivity contribution in [3.05, 3.63) is 231 Å². The summed E-state index contributed by atoms with van der Waals surface area (Å²) in [5.74, 6) is 0. The van der Waals surface area contributed by atoms with Crippen LogP contribution in [0.3, 0.4) is 0 Å². The van der Waals surface area contributed by atoms with Gasteiger partial charge in [-0.25, -0.2) is 0 Å². The number of nitrogens with zero attached hydrogens (tertiary/aromatic N) is 2. The molecule has 0 saturated carbocycles. The number of benzene rings is 10. The van der Waals surface area contributed by atoms with E-state index in [0.29, 0.717) is 0 Å². The van der Waals surface area contributed by atoms with Crippen LogP contribution in [0.5, 0.6) is 0 Å². The van der Waals surface area contributed by atoms with Gasteiger partial charge in [0.25, 0.3) is 0 Å². The Morgan fingerprint density at radius 1 is 0.276 bits per heavy atom. The Balaban J connectivity index is 1.07. The van der Waals surface area contributed by atoms with Crippen LogP contribution in [0, 0.1) is 0 Å². The Labute approximate surface area is 338 Å². The third kappa shape index (κ3) is 5.91. The van der Waals surface area contributed by atoms with E-state index in [1.54, 1.807) is 0 Å². The molecule has 0 aliphatic rings. The van der Waals surface area contributed by atoms with Gasteiger partial charge in [0.05, 0.1) is 11.0 Å². The lowest BCUT2D eigenvalue weighted by molar-refractivity contribution is 1.18. The molecule has 0 spiro atoms. The smallest absolute Gasteiger partial charge is 0.0541 e. The van der Waals surface area contributed by atoms with Crippen molar-refractivity contribution in [2.45, 2.75) is 0 Å². The Hall–Kier alpha value is -7.68. The Kier molecular flexibility index (Phi) is 8.19. The van der Waals surface area contributed by atoms with Crippen molar-refractivity contribution in [1.29, 1.82) is 0 Å². The summed E-state index contributed by atoms with van der Waals surface area (Å²) in [6.45, 7) is 0. The van der Waals surface area contributed by atoms with E-state index in [9.17, 15) is 0 Å². The number of fused-ring (bicyclic) bond motifs is 5. The SMILES string of the molecule is c1ccc(-c2cc(-c3cccc4ccccc34)cc(-n3c4ccccc4c4cc(-c5cccc(N(c6ccccc6)c6ccc7ccccc7c6)c5)ccc43)c2)cc1. The van der Waals surface area contributed by atoms with Crippen LogP contribution in [0.4, 0.5) is 17.1 Å². The summed E-state index contributed by atoms with van der Waals surface area (Å²) in [6, 6.07) is 83.8. The van der Waals surface area contributed by atoms with Crippen molar-refractivity contribution in [2.24, 2.45) is 0 Å². The number of para-hydroxylation sites is 2. The Morgan fingerprint density at radius 2 is 0.879 bits per heavy atom. The maximum atomic E-state index is 2.45. The average molecular weight is 739 g/mol. The molecule has 272 valence electrons. The molecular weight excluding hydrogens is 701 g/mol. The highest BCUT2D eigenvalue weighted by atomic mass is 15.1. The van der Waals surface area contributed by atoms with Gasteiger partial charge in [-0.1, -0.05) is 158 Å². The molecule has 0 fully saturated rings. The highest BCUT2D eigenvalue weighted by Gasteiger charge is 2.18. The molecule has 58 heavy (non-hydrogen) atoms. The summed E-state index contributed by atoms with van der Waals surface area (Å²) in [4.78, 5) is 2.35. The molecule has 0 unspecified atom stereocenters. The first-order chi connectivity index (χ1) is 28.7. The zero-order chi connectivity index (χ0) is 38.4. The van der Waals surface area contributed by atoms with Crippen molar-refractivity contribution < 1.29 is 0 Å². The number of hydrogen-bond donors (Lipinski definition) is 0. The van der Waals surface area contributed by atoms with Crippen LogP contribution in [-0.2, 0) is 0 Å². The van der Waals surface area contributed by atoms with E-state index in [2.05, 4.69) is 240 Å². The van der Waals surface area contributed by atoms with Crippen LogP contribution in [0.15, 0.2) is 231 Å². The van der Waals surface area contributed by atoms with Crippen molar-refractivity contribution >= 4 is 60.4 Å². The highest BCUT2D eigenvalue weighted by molar-refractivity contribution is 6.11. The minimum Gasteiger partial charge on any atom is -0.310 e. The third-order valence-electron chi connectivity index (χ3n) is 11.5. The van der Waals surface area contributed by atoms with Crippen LogP contribution in [-0.4, -0.2) is 4.57 Å². The first-order valence-corrected chi connectivity index (χ1v) is 19.9. The maximum absolute atomic E-state index is 2.45. The van der Waals surface area contributed by atoms with Gasteiger partial charge < -0.3 is 9.47 Å². The van der Waals surface area contributed by atoms with E-state index in [1.807, 2.05) is 0 Å². The molecule has 2 nitrogen and oxygen atoms in total. The topological polar surface area (TPSA) is 8.17 Å². The van der Waals surface area contributed by atoms with Gasteiger partial charge in [-0.3, -0.25) is 0 Å². The van der Waals surface area contributed by atoms with Crippen molar-refractivity contribution in [3.63, 3.8) is 0 Å². The lowest BCUT2D eigenvalue weighted by Crippen LogP contribution is -2.09. The molecule has 0 amide bonds. The summed E-state index contributed by atoms with van der Waals surface area (Å²) in [6.07, 6.45) is 0. The molecule has 0 saturated heterocycles. The fraction of sp³-hybridized carbons (Fsp3) is 0. The predicted molar refractivity (Wildman–Crippen MR) is 247 cm³/mol. The monoisotopic (exact) mass is 738 g/mol. The van der Waals surface area contributed by atoms with Gasteiger partial charge in [0.1, 0.15) is 0 Å². The largest absolute Gasteiger partial charge is 0.310 e. The maximum Gasteiger partial charge on any atom is 0.0541 e. The van der Waals surface area contributed by atoms with Crippen LogP contribution >= 0.6 is 0 Å². The standard InChI is InChI=1S/C56H38N2/c1-3-15-39(16-4-1)45-33-46(52-27-14-20-41-18-9-10-25-51(41)52)37-50(36-45)58-55-28-12-11-26-53(55)54-38-44(30-32-56(54)58)43-21-13-24-48(35-43)57(47-22-5-2-6-23-47)49-31-29-40-17-7-8-19-42(40)34-49/h1-38H. The molecule has 0 N–H and O–H groups in total. The Bertz CT molecular complexity index is 3280. The zero-order valence-electron chi connectivity index (χ0n) is 31.8. The number of aromatic nitrogens is 1. The number of rotatable bonds is 7. The van der Waals surface area contributed by atoms with Crippen LogP contribution < -0.4 is 4.90 Å². The normalized spacial score (nSPS) is 11.4. The van der Waals surface area contributed by atoms with Gasteiger partial charge >= 0.3 is 0 Å². The summed E-state index contributed by atoms with van der Waals surface area (Å²) in [5.41, 5.74) is 14.0. The summed E-state index contributed by atoms with van der Waals surface area (Å²) < 4.78 is 2.45. The first kappa shape index (κ1) is 33.6. The van der Waals surface area contributed by atoms with E-state index in [0.717, 1.165) is 22.7 Å². The van der Waals surface area contributed by atoms with Crippen molar-refractivity contribution in [3.8, 4) is 39.1 Å². The summed E-state index contributed by atoms with van der Waals surface area (Å²) in [7, 11) is 0. The van der Waals surface area contributed by atoms with E-state index >= 15 is 0 Å². The van der Waals surface area contributed by atoms with E-state index < -0.39 is 0 Å². The molecule has 1 aromatic heterocycles. The van der Waals surface area contributed by atoms with E-state index in [4.69, 9.17) is 0 Å². The molecule has 0 atom stereocenters. The molecule has 0 aliphatic heterocycles. The second-order valence-electron chi connectivity index (χ2n) is 15.0. The van der Waals surface area contributed by atoms with Crippen molar-refractivity contribution in [2.75, 3.05) is 4.90 Å². The van der Waals surface area contributed by atoms with E-state index in [1.165, 1.54) is 76.7 Å². The zero-order valence-corrected chi connectivity index (χ0v) is 31.8. The van der Waals surface area contributed by atoms with Gasteiger partial charge in [0, 0.05) is 33.5 Å². The molecule has 10 aromatic carbocycles. The van der Waals surface area contributed by atoms with Crippen LogP contribution in [0.1, 0.15) is 0 Å². The molecule has 0 radical (unpaired) electrons. The second kappa shape index (κ2) is 14.1. The average Bonchev–Trinajstić information content (AvgIpc) is 3.63. The molecule has 0 aliphatic carbocycles. The lowest BCUT2D eigenvalue weighted by atomic mass is 9.94. The lowest BCUT2D eigenvalue weighted by Gasteiger charge is -2.26. The fourth-order valence-corrected chi connectivity index (χ4v) is 8.77. The first-order valence-electron chi connectivity index (χ1n) is 19.9. The van der Waals surface area contributed by atoms with Gasteiger partial charge in [-0.2, -0.15) is 0 Å². The number of hydrogen-bond acceptors (Lipinski definition) is 1. The summed E-state index contributed by atoms with van der Waals surface area (Å²) in [5, 5.41) is 7.40. The van der Waals surface area contributed by atoms with Crippen molar-refractivity contribution in [1.82, 2.24) is 4.57 Å². The van der Waals surface area contributed by atoms with E-state index in [-0.39, 0.29) is 0 Å². The van der Waals surface area contributed by atoms with Gasteiger partial charge in [0.15, 0.2) is 0 Å². The summed E-state index contributed by atoms with van der Waals surface area (Å²) >= 11 is 0.